The molecule has 1 aromatic rings. The molecule has 0 radical (unpaired) electrons. The van der Waals surface area contributed by atoms with E-state index < -0.39 is 6.10 Å². The molecule has 0 bridgehead atoms. The van der Waals surface area contributed by atoms with Crippen molar-refractivity contribution in [3.63, 3.8) is 0 Å². The van der Waals surface area contributed by atoms with E-state index in [-0.39, 0.29) is 6.79 Å². The van der Waals surface area contributed by atoms with Crippen LogP contribution in [0.25, 0.3) is 0 Å². The molecule has 18 heavy (non-hydrogen) atoms. The number of ether oxygens (including phenoxy) is 3. The minimum Gasteiger partial charge on any atom is -0.454 e. The number of likely N-dealkylation sites (N-methyl/N-ethyl adjacent to an activating group) is 1. The summed E-state index contributed by atoms with van der Waals surface area (Å²) in [4.78, 5) is 0. The minimum absolute atomic E-state index is 0.279. The molecule has 0 saturated carbocycles. The van der Waals surface area contributed by atoms with Gasteiger partial charge in [-0.1, -0.05) is 13.0 Å². The van der Waals surface area contributed by atoms with Gasteiger partial charge in [0.2, 0.25) is 6.79 Å². The average Bonchev–Trinajstić information content (AvgIpc) is 2.83. The number of hydrogen-bond donors (Lipinski definition) is 2. The third-order valence-corrected chi connectivity index (χ3v) is 2.65. The Bertz CT molecular complexity index is 383. The van der Waals surface area contributed by atoms with Crippen LogP contribution in [0.4, 0.5) is 0 Å². The zero-order valence-electron chi connectivity index (χ0n) is 10.5. The lowest BCUT2D eigenvalue weighted by molar-refractivity contribution is 0.0291. The van der Waals surface area contributed by atoms with E-state index in [0.29, 0.717) is 19.8 Å². The van der Waals surface area contributed by atoms with Gasteiger partial charge in [0.05, 0.1) is 19.3 Å². The maximum atomic E-state index is 9.58. The Labute approximate surface area is 107 Å². The molecule has 0 aromatic heterocycles. The predicted molar refractivity (Wildman–Crippen MR) is 66.8 cm³/mol. The molecule has 0 fully saturated rings. The standard InChI is InChI=1S/C13H19NO4/c1-2-14-6-11(15)8-16-7-10-3-4-12-13(5-10)18-9-17-12/h3-5,11,14-15H,2,6-9H2,1H3. The number of nitrogens with one attached hydrogen (secondary N) is 1. The first-order valence-corrected chi connectivity index (χ1v) is 6.14. The van der Waals surface area contributed by atoms with Gasteiger partial charge in [-0.2, -0.15) is 0 Å². The van der Waals surface area contributed by atoms with Crippen LogP contribution in [-0.4, -0.2) is 37.7 Å². The van der Waals surface area contributed by atoms with Crippen LogP contribution in [0.3, 0.4) is 0 Å². The molecule has 2 rings (SSSR count). The highest BCUT2D eigenvalue weighted by Crippen LogP contribution is 2.32. The van der Waals surface area contributed by atoms with Gasteiger partial charge in [0.25, 0.3) is 0 Å². The summed E-state index contributed by atoms with van der Waals surface area (Å²) in [6, 6.07) is 5.71. The highest BCUT2D eigenvalue weighted by atomic mass is 16.7. The van der Waals surface area contributed by atoms with Gasteiger partial charge in [-0.25, -0.2) is 0 Å². The van der Waals surface area contributed by atoms with E-state index in [0.717, 1.165) is 23.6 Å². The molecule has 1 heterocycles. The van der Waals surface area contributed by atoms with Crippen LogP contribution in [0.1, 0.15) is 12.5 Å². The van der Waals surface area contributed by atoms with Gasteiger partial charge in [-0.15, -0.1) is 0 Å². The van der Waals surface area contributed by atoms with E-state index in [2.05, 4.69) is 5.32 Å². The topological polar surface area (TPSA) is 60.0 Å². The van der Waals surface area contributed by atoms with Crippen molar-refractivity contribution in [2.45, 2.75) is 19.6 Å². The van der Waals surface area contributed by atoms with Crippen molar-refractivity contribution in [1.82, 2.24) is 5.32 Å². The van der Waals surface area contributed by atoms with Gasteiger partial charge in [0.1, 0.15) is 0 Å². The summed E-state index contributed by atoms with van der Waals surface area (Å²) in [5.41, 5.74) is 1.01. The summed E-state index contributed by atoms with van der Waals surface area (Å²) < 4.78 is 16.0. The van der Waals surface area contributed by atoms with E-state index in [1.54, 1.807) is 0 Å². The number of aliphatic hydroxyl groups excluding tert-OH is 1. The van der Waals surface area contributed by atoms with Crippen molar-refractivity contribution in [2.75, 3.05) is 26.5 Å². The molecule has 0 spiro atoms. The van der Waals surface area contributed by atoms with Crippen molar-refractivity contribution >= 4 is 0 Å². The summed E-state index contributed by atoms with van der Waals surface area (Å²) in [6.07, 6.45) is -0.473. The summed E-state index contributed by atoms with van der Waals surface area (Å²) in [7, 11) is 0. The Hall–Kier alpha value is -1.30. The first-order valence-electron chi connectivity index (χ1n) is 6.14. The second-order valence-electron chi connectivity index (χ2n) is 4.16. The van der Waals surface area contributed by atoms with Crippen LogP contribution in [0.5, 0.6) is 11.5 Å². The van der Waals surface area contributed by atoms with E-state index in [1.165, 1.54) is 0 Å². The predicted octanol–water partition coefficient (Wildman–Crippen LogP) is 0.902. The molecular weight excluding hydrogens is 234 g/mol. The van der Waals surface area contributed by atoms with Crippen LogP contribution in [-0.2, 0) is 11.3 Å². The number of rotatable bonds is 7. The molecule has 0 amide bonds. The molecule has 2 N–H and O–H groups in total. The highest BCUT2D eigenvalue weighted by Gasteiger charge is 2.13. The van der Waals surface area contributed by atoms with Crippen molar-refractivity contribution in [2.24, 2.45) is 0 Å². The fourth-order valence-corrected chi connectivity index (χ4v) is 1.71. The first-order chi connectivity index (χ1) is 8.79. The molecule has 0 saturated heterocycles. The molecule has 100 valence electrons. The molecular formula is C13H19NO4. The summed E-state index contributed by atoms with van der Waals surface area (Å²) >= 11 is 0. The average molecular weight is 253 g/mol. The third kappa shape index (κ3) is 3.60. The first kappa shape index (κ1) is 13.1. The lowest BCUT2D eigenvalue weighted by atomic mass is 10.2. The summed E-state index contributed by atoms with van der Waals surface area (Å²) in [5, 5.41) is 12.6. The normalized spacial score (nSPS) is 14.8. The number of benzene rings is 1. The maximum absolute atomic E-state index is 9.58. The molecule has 0 aliphatic carbocycles. The smallest absolute Gasteiger partial charge is 0.231 e. The zero-order valence-corrected chi connectivity index (χ0v) is 10.5. The van der Waals surface area contributed by atoms with Crippen molar-refractivity contribution in [1.29, 1.82) is 0 Å². The van der Waals surface area contributed by atoms with Gasteiger partial charge >= 0.3 is 0 Å². The van der Waals surface area contributed by atoms with Crippen LogP contribution in [0.2, 0.25) is 0 Å². The largest absolute Gasteiger partial charge is 0.454 e. The fourth-order valence-electron chi connectivity index (χ4n) is 1.71. The Balaban J connectivity index is 1.73. The van der Waals surface area contributed by atoms with Crippen molar-refractivity contribution in [3.8, 4) is 11.5 Å². The second-order valence-corrected chi connectivity index (χ2v) is 4.16. The van der Waals surface area contributed by atoms with Gasteiger partial charge in [0.15, 0.2) is 11.5 Å². The Kier molecular flexibility index (Phi) is 4.81. The highest BCUT2D eigenvalue weighted by molar-refractivity contribution is 5.44. The molecule has 1 atom stereocenters. The van der Waals surface area contributed by atoms with Crippen LogP contribution in [0.15, 0.2) is 18.2 Å². The molecule has 1 unspecified atom stereocenters. The molecule has 5 heteroatoms. The maximum Gasteiger partial charge on any atom is 0.231 e. The Morgan fingerprint density at radius 2 is 2.22 bits per heavy atom. The minimum atomic E-state index is -0.473. The second kappa shape index (κ2) is 6.58. The number of aliphatic hydroxyl groups is 1. The van der Waals surface area contributed by atoms with Gasteiger partial charge in [0, 0.05) is 6.54 Å². The van der Waals surface area contributed by atoms with E-state index in [1.807, 2.05) is 25.1 Å². The molecule has 1 aliphatic heterocycles. The summed E-state index contributed by atoms with van der Waals surface area (Å²) in [5.74, 6) is 1.52. The van der Waals surface area contributed by atoms with Gasteiger partial charge in [-0.05, 0) is 24.2 Å². The SMILES string of the molecule is CCNCC(O)COCc1ccc2c(c1)OCO2. The van der Waals surface area contributed by atoms with Crippen LogP contribution < -0.4 is 14.8 Å². The van der Waals surface area contributed by atoms with Gasteiger partial charge < -0.3 is 24.6 Å². The van der Waals surface area contributed by atoms with E-state index >= 15 is 0 Å². The molecule has 1 aromatic carbocycles. The van der Waals surface area contributed by atoms with E-state index in [9.17, 15) is 5.11 Å². The van der Waals surface area contributed by atoms with Gasteiger partial charge in [-0.3, -0.25) is 0 Å². The van der Waals surface area contributed by atoms with E-state index in [4.69, 9.17) is 14.2 Å². The monoisotopic (exact) mass is 253 g/mol. The third-order valence-electron chi connectivity index (χ3n) is 2.65. The lowest BCUT2D eigenvalue weighted by Gasteiger charge is -2.11. The lowest BCUT2D eigenvalue weighted by Crippen LogP contribution is -2.30. The quantitative estimate of drug-likeness (QED) is 0.756. The Morgan fingerprint density at radius 3 is 3.06 bits per heavy atom. The molecule has 1 aliphatic rings. The summed E-state index contributed by atoms with van der Waals surface area (Å²) in [6.45, 7) is 4.46. The van der Waals surface area contributed by atoms with Crippen LogP contribution >= 0.6 is 0 Å². The number of fused-ring (bicyclic) bond motifs is 1. The van der Waals surface area contributed by atoms with Crippen LogP contribution in [0, 0.1) is 0 Å². The molecule has 5 nitrogen and oxygen atoms in total. The number of hydrogen-bond acceptors (Lipinski definition) is 5. The van der Waals surface area contributed by atoms with Crippen molar-refractivity contribution < 1.29 is 19.3 Å². The fraction of sp³-hybridized carbons (Fsp3) is 0.538. The zero-order chi connectivity index (χ0) is 12.8. The van der Waals surface area contributed by atoms with Crippen molar-refractivity contribution in [3.05, 3.63) is 23.8 Å². The Morgan fingerprint density at radius 1 is 1.39 bits per heavy atom.